The average molecular weight is 205 g/mol. The molecule has 2 N–H and O–H groups in total. The number of nitrogens with one attached hydrogen (secondary N) is 1. The molecule has 0 radical (unpaired) electrons. The summed E-state index contributed by atoms with van der Waals surface area (Å²) in [5.41, 5.74) is -0.155. The van der Waals surface area contributed by atoms with Crippen molar-refractivity contribution >= 4 is 29.8 Å². The molecule has 64 valence electrons. The molecule has 0 fully saturated rings. The zero-order chi connectivity index (χ0) is 9.30. The van der Waals surface area contributed by atoms with Crippen molar-refractivity contribution in [2.45, 2.75) is 6.92 Å². The van der Waals surface area contributed by atoms with Gasteiger partial charge in [-0.2, -0.15) is 0 Å². The Balaban J connectivity index is 3.49. The zero-order valence-corrected chi connectivity index (χ0v) is 7.66. The molecule has 1 aromatic rings. The van der Waals surface area contributed by atoms with Crippen molar-refractivity contribution in [2.75, 3.05) is 0 Å². The van der Waals surface area contributed by atoms with E-state index >= 15 is 0 Å². The lowest BCUT2D eigenvalue weighted by atomic mass is 10.3. The van der Waals surface area contributed by atoms with E-state index in [4.69, 9.17) is 28.9 Å². The molecule has 0 aliphatic rings. The van der Waals surface area contributed by atoms with Crippen molar-refractivity contribution in [2.24, 2.45) is 0 Å². The maximum absolute atomic E-state index is 10.5. The Morgan fingerprint density at radius 2 is 2.33 bits per heavy atom. The molecule has 1 aromatic heterocycles. The standard InChI is InChI=1S/C6H5ClN2O2S/c1-2-8-4(7)3(6(10)11)5(12)9-2/h1H3,(H,10,11)(H,8,9,12). The molecule has 6 heteroatoms. The summed E-state index contributed by atoms with van der Waals surface area (Å²) in [6.07, 6.45) is 0. The molecule has 0 aliphatic carbocycles. The lowest BCUT2D eigenvalue weighted by molar-refractivity contribution is 0.0695. The smallest absolute Gasteiger partial charge is 0.341 e. The van der Waals surface area contributed by atoms with Crippen molar-refractivity contribution in [3.05, 3.63) is 21.2 Å². The first-order valence-electron chi connectivity index (χ1n) is 3.02. The number of hydrogen-bond acceptors (Lipinski definition) is 3. The third kappa shape index (κ3) is 1.62. The van der Waals surface area contributed by atoms with E-state index in [1.807, 2.05) is 0 Å². The summed E-state index contributed by atoms with van der Waals surface area (Å²) in [5, 5.41) is 8.64. The Morgan fingerprint density at radius 3 is 2.75 bits per heavy atom. The highest BCUT2D eigenvalue weighted by molar-refractivity contribution is 7.71. The highest BCUT2D eigenvalue weighted by atomic mass is 35.5. The van der Waals surface area contributed by atoms with Crippen LogP contribution in [-0.4, -0.2) is 21.0 Å². The molecule has 0 aromatic carbocycles. The van der Waals surface area contributed by atoms with Crippen LogP contribution < -0.4 is 0 Å². The van der Waals surface area contributed by atoms with Crippen LogP contribution in [-0.2, 0) is 0 Å². The first kappa shape index (κ1) is 9.15. The van der Waals surface area contributed by atoms with E-state index in [1.165, 1.54) is 0 Å². The minimum atomic E-state index is -1.17. The Kier molecular flexibility index (Phi) is 2.44. The van der Waals surface area contributed by atoms with Crippen LogP contribution in [0.4, 0.5) is 0 Å². The molecule has 0 spiro atoms. The maximum atomic E-state index is 10.5. The number of H-pyrrole nitrogens is 1. The molecule has 0 bridgehead atoms. The van der Waals surface area contributed by atoms with E-state index in [0.29, 0.717) is 5.82 Å². The largest absolute Gasteiger partial charge is 0.477 e. The molecule has 0 aliphatic heterocycles. The molecule has 0 unspecified atom stereocenters. The number of halogens is 1. The molecule has 0 saturated carbocycles. The van der Waals surface area contributed by atoms with Gasteiger partial charge in [-0.05, 0) is 6.92 Å². The second-order valence-electron chi connectivity index (χ2n) is 2.12. The lowest BCUT2D eigenvalue weighted by Gasteiger charge is -1.99. The first-order valence-corrected chi connectivity index (χ1v) is 3.80. The van der Waals surface area contributed by atoms with Crippen LogP contribution in [0.25, 0.3) is 0 Å². The van der Waals surface area contributed by atoms with Gasteiger partial charge in [0.15, 0.2) is 0 Å². The number of rotatable bonds is 1. The van der Waals surface area contributed by atoms with Gasteiger partial charge in [0, 0.05) is 0 Å². The van der Waals surface area contributed by atoms with E-state index in [2.05, 4.69) is 9.97 Å². The SMILES string of the molecule is Cc1nc(=S)c(C(=O)O)c(Cl)[nH]1. The molecule has 4 nitrogen and oxygen atoms in total. The topological polar surface area (TPSA) is 66.0 Å². The highest BCUT2D eigenvalue weighted by Gasteiger charge is 2.12. The number of aryl methyl sites for hydroxylation is 1. The van der Waals surface area contributed by atoms with Crippen LogP contribution in [0.2, 0.25) is 5.15 Å². The number of nitrogens with zero attached hydrogens (tertiary/aromatic N) is 1. The van der Waals surface area contributed by atoms with Crippen LogP contribution in [0.15, 0.2) is 0 Å². The second-order valence-corrected chi connectivity index (χ2v) is 2.89. The number of hydrogen-bond donors (Lipinski definition) is 2. The number of carboxylic acids is 1. The van der Waals surface area contributed by atoms with Gasteiger partial charge in [-0.15, -0.1) is 0 Å². The number of aromatic nitrogens is 2. The summed E-state index contributed by atoms with van der Waals surface area (Å²) in [6.45, 7) is 1.65. The predicted molar refractivity (Wildman–Crippen MR) is 46.1 cm³/mol. The van der Waals surface area contributed by atoms with Crippen molar-refractivity contribution in [1.82, 2.24) is 9.97 Å². The Bertz CT molecular complexity index is 388. The monoisotopic (exact) mass is 204 g/mol. The predicted octanol–water partition coefficient (Wildman–Crippen LogP) is 1.80. The number of carboxylic acid groups (broad SMARTS) is 1. The number of aromatic carboxylic acids is 1. The van der Waals surface area contributed by atoms with Gasteiger partial charge < -0.3 is 10.1 Å². The minimum absolute atomic E-state index is 0.00347. The fourth-order valence-electron chi connectivity index (χ4n) is 0.737. The number of carbonyl (C=O) groups is 1. The highest BCUT2D eigenvalue weighted by Crippen LogP contribution is 2.13. The fraction of sp³-hybridized carbons (Fsp3) is 0.167. The lowest BCUT2D eigenvalue weighted by Crippen LogP contribution is -2.03. The Morgan fingerprint density at radius 1 is 1.75 bits per heavy atom. The Labute approximate surface area is 78.2 Å². The van der Waals surface area contributed by atoms with Gasteiger partial charge in [-0.3, -0.25) is 0 Å². The van der Waals surface area contributed by atoms with Gasteiger partial charge in [0.2, 0.25) is 0 Å². The molecule has 12 heavy (non-hydrogen) atoms. The molecular formula is C6H5ClN2O2S. The van der Waals surface area contributed by atoms with Gasteiger partial charge in [0.25, 0.3) is 0 Å². The quantitative estimate of drug-likeness (QED) is 0.541. The van der Waals surface area contributed by atoms with E-state index in [0.717, 1.165) is 0 Å². The molecule has 1 rings (SSSR count). The summed E-state index contributed by atoms with van der Waals surface area (Å²) in [7, 11) is 0. The van der Waals surface area contributed by atoms with Crippen molar-refractivity contribution in [3.8, 4) is 0 Å². The van der Waals surface area contributed by atoms with Gasteiger partial charge in [0.05, 0.1) is 0 Å². The molecule has 0 saturated heterocycles. The van der Waals surface area contributed by atoms with Crippen molar-refractivity contribution in [1.29, 1.82) is 0 Å². The minimum Gasteiger partial charge on any atom is -0.477 e. The summed E-state index contributed by atoms with van der Waals surface area (Å²) >= 11 is 10.3. The van der Waals surface area contributed by atoms with Crippen LogP contribution in [0.5, 0.6) is 0 Å². The van der Waals surface area contributed by atoms with Gasteiger partial charge in [-0.25, -0.2) is 9.78 Å². The average Bonchev–Trinajstić information content (AvgIpc) is 1.82. The van der Waals surface area contributed by atoms with E-state index in [1.54, 1.807) is 6.92 Å². The first-order chi connectivity index (χ1) is 5.52. The molecule has 1 heterocycles. The van der Waals surface area contributed by atoms with Crippen LogP contribution in [0.3, 0.4) is 0 Å². The van der Waals surface area contributed by atoms with Crippen molar-refractivity contribution < 1.29 is 9.90 Å². The van der Waals surface area contributed by atoms with Gasteiger partial charge in [-0.1, -0.05) is 23.8 Å². The van der Waals surface area contributed by atoms with E-state index < -0.39 is 5.97 Å². The van der Waals surface area contributed by atoms with E-state index in [-0.39, 0.29) is 15.4 Å². The fourth-order valence-corrected chi connectivity index (χ4v) is 1.43. The normalized spacial score (nSPS) is 9.83. The zero-order valence-electron chi connectivity index (χ0n) is 6.09. The summed E-state index contributed by atoms with van der Waals surface area (Å²) in [6, 6.07) is 0. The summed E-state index contributed by atoms with van der Waals surface area (Å²) < 4.78 is 0.00347. The van der Waals surface area contributed by atoms with Crippen LogP contribution >= 0.6 is 23.8 Å². The van der Waals surface area contributed by atoms with Crippen LogP contribution in [0, 0.1) is 11.6 Å². The van der Waals surface area contributed by atoms with Crippen LogP contribution in [0.1, 0.15) is 16.2 Å². The Hall–Kier alpha value is -0.940. The number of aromatic amines is 1. The third-order valence-corrected chi connectivity index (χ3v) is 1.79. The van der Waals surface area contributed by atoms with E-state index in [9.17, 15) is 4.79 Å². The third-order valence-electron chi connectivity index (χ3n) is 1.21. The molecule has 0 amide bonds. The summed E-state index contributed by atoms with van der Waals surface area (Å²) in [5.74, 6) is -0.677. The molecular weight excluding hydrogens is 200 g/mol. The summed E-state index contributed by atoms with van der Waals surface area (Å²) in [4.78, 5) is 16.9. The van der Waals surface area contributed by atoms with Gasteiger partial charge >= 0.3 is 5.97 Å². The molecule has 0 atom stereocenters. The maximum Gasteiger partial charge on any atom is 0.341 e. The van der Waals surface area contributed by atoms with Gasteiger partial charge in [0.1, 0.15) is 21.2 Å². The van der Waals surface area contributed by atoms with Crippen molar-refractivity contribution in [3.63, 3.8) is 0 Å². The second kappa shape index (κ2) is 3.20.